The normalized spacial score (nSPS) is 17.6. The molecule has 1 aliphatic heterocycles. The van der Waals surface area contributed by atoms with Crippen LogP contribution in [0, 0.1) is 5.92 Å². The van der Waals surface area contributed by atoms with Gasteiger partial charge in [-0.3, -0.25) is 14.3 Å². The highest BCUT2D eigenvalue weighted by Gasteiger charge is 2.32. The number of aromatic nitrogens is 2. The minimum absolute atomic E-state index is 0.110. The van der Waals surface area contributed by atoms with E-state index in [1.165, 1.54) is 10.9 Å². The van der Waals surface area contributed by atoms with Crippen molar-refractivity contribution in [3.05, 3.63) is 46.7 Å². The van der Waals surface area contributed by atoms with Gasteiger partial charge in [-0.2, -0.15) is 5.10 Å². The summed E-state index contributed by atoms with van der Waals surface area (Å²) in [4.78, 5) is 28.5. The number of likely N-dealkylation sites (tertiary alicyclic amines) is 1. The fraction of sp³-hybridized carbons (Fsp3) is 0.389. The van der Waals surface area contributed by atoms with Gasteiger partial charge < -0.3 is 4.90 Å². The van der Waals surface area contributed by atoms with Crippen molar-refractivity contribution in [1.29, 1.82) is 0 Å². The molecule has 1 aliphatic rings. The first kappa shape index (κ1) is 18.0. The summed E-state index contributed by atoms with van der Waals surface area (Å²) in [6, 6.07) is 7.64. The van der Waals surface area contributed by atoms with Gasteiger partial charge in [0, 0.05) is 36.5 Å². The molecule has 1 saturated heterocycles. The Kier molecular flexibility index (Phi) is 5.49. The van der Waals surface area contributed by atoms with E-state index in [-0.39, 0.29) is 17.6 Å². The van der Waals surface area contributed by atoms with Crippen LogP contribution in [0.15, 0.2) is 35.4 Å². The number of carbonyl (C=O) groups is 2. The largest absolute Gasteiger partial charge is 0.337 e. The molecule has 7 heteroatoms. The van der Waals surface area contributed by atoms with Crippen molar-refractivity contribution in [3.8, 4) is 0 Å². The van der Waals surface area contributed by atoms with E-state index in [9.17, 15) is 9.59 Å². The molecule has 0 saturated carbocycles. The predicted octanol–water partition coefficient (Wildman–Crippen LogP) is 3.53. The van der Waals surface area contributed by atoms with Crippen molar-refractivity contribution in [3.63, 3.8) is 0 Å². The van der Waals surface area contributed by atoms with Crippen LogP contribution in [0.1, 0.15) is 33.7 Å². The van der Waals surface area contributed by atoms with E-state index >= 15 is 0 Å². The van der Waals surface area contributed by atoms with Crippen LogP contribution in [0.2, 0.25) is 5.02 Å². The number of amides is 1. The van der Waals surface area contributed by atoms with Gasteiger partial charge >= 0.3 is 0 Å². The van der Waals surface area contributed by atoms with Crippen LogP contribution >= 0.6 is 23.4 Å². The summed E-state index contributed by atoms with van der Waals surface area (Å²) in [7, 11) is 1.69. The number of rotatable bonds is 4. The van der Waals surface area contributed by atoms with Crippen LogP contribution in [0.3, 0.4) is 0 Å². The lowest BCUT2D eigenvalue weighted by atomic mass is 9.90. The lowest BCUT2D eigenvalue weighted by Crippen LogP contribution is -2.43. The molecule has 25 heavy (non-hydrogen) atoms. The van der Waals surface area contributed by atoms with Crippen molar-refractivity contribution >= 4 is 35.1 Å². The summed E-state index contributed by atoms with van der Waals surface area (Å²) in [5.74, 6) is -0.239. The van der Waals surface area contributed by atoms with Crippen LogP contribution < -0.4 is 0 Å². The Morgan fingerprint density at radius 1 is 1.32 bits per heavy atom. The number of benzene rings is 1. The van der Waals surface area contributed by atoms with Gasteiger partial charge in [-0.25, -0.2) is 0 Å². The Hall–Kier alpha value is -1.79. The summed E-state index contributed by atoms with van der Waals surface area (Å²) >= 11 is 7.66. The molecule has 2 aromatic rings. The van der Waals surface area contributed by atoms with Crippen molar-refractivity contribution < 1.29 is 9.59 Å². The fourth-order valence-electron chi connectivity index (χ4n) is 3.24. The first-order chi connectivity index (χ1) is 12.0. The molecule has 1 aromatic heterocycles. The van der Waals surface area contributed by atoms with Crippen molar-refractivity contribution in [2.45, 2.75) is 17.7 Å². The number of aryl methyl sites for hydroxylation is 1. The average Bonchev–Trinajstić information content (AvgIpc) is 2.99. The van der Waals surface area contributed by atoms with E-state index < -0.39 is 0 Å². The van der Waals surface area contributed by atoms with Gasteiger partial charge in [-0.15, -0.1) is 11.8 Å². The van der Waals surface area contributed by atoms with Gasteiger partial charge in [0.2, 0.25) is 0 Å². The summed E-state index contributed by atoms with van der Waals surface area (Å²) < 4.78 is 1.49. The third kappa shape index (κ3) is 3.60. The van der Waals surface area contributed by atoms with Gasteiger partial charge in [0.25, 0.3) is 5.91 Å². The number of Topliss-reactive ketones (excluding diaryl/α,β-unsaturated/α-hetero) is 1. The molecule has 2 heterocycles. The molecule has 0 N–H and O–H groups in total. The molecule has 5 nitrogen and oxygen atoms in total. The maximum atomic E-state index is 13.0. The first-order valence-corrected chi connectivity index (χ1v) is 9.77. The van der Waals surface area contributed by atoms with E-state index in [0.29, 0.717) is 23.8 Å². The van der Waals surface area contributed by atoms with Crippen LogP contribution in [0.4, 0.5) is 0 Å². The molecule has 1 atom stereocenters. The maximum absolute atomic E-state index is 13.0. The predicted molar refractivity (Wildman–Crippen MR) is 99.4 cm³/mol. The smallest absolute Gasteiger partial charge is 0.273 e. The number of carbonyl (C=O) groups excluding carboxylic acids is 2. The Balaban J connectivity index is 1.79. The van der Waals surface area contributed by atoms with Gasteiger partial charge in [0.15, 0.2) is 5.78 Å². The van der Waals surface area contributed by atoms with E-state index in [1.807, 2.05) is 30.5 Å². The number of piperidine rings is 1. The standard InChI is InChI=1S/C18H20ClN3O2S/c1-21-16(14(19)10-20-21)18(24)22-9-5-6-12(11-22)17(23)13-7-3-4-8-15(13)25-2/h3-4,7-8,10,12H,5-6,9,11H2,1-2H3/t12-/m0/s1. The molecule has 0 unspecified atom stereocenters. The van der Waals surface area contributed by atoms with Gasteiger partial charge in [-0.05, 0) is 25.2 Å². The van der Waals surface area contributed by atoms with Crippen molar-refractivity contribution in [2.24, 2.45) is 13.0 Å². The Bertz CT molecular complexity index is 786. The summed E-state index contributed by atoms with van der Waals surface area (Å²) in [6.45, 7) is 1.05. The maximum Gasteiger partial charge on any atom is 0.273 e. The van der Waals surface area contributed by atoms with Crippen LogP contribution in [0.5, 0.6) is 0 Å². The van der Waals surface area contributed by atoms with Crippen molar-refractivity contribution in [2.75, 3.05) is 19.3 Å². The van der Waals surface area contributed by atoms with Gasteiger partial charge in [0.1, 0.15) is 5.69 Å². The van der Waals surface area contributed by atoms with E-state index in [1.54, 1.807) is 23.7 Å². The molecule has 1 fully saturated rings. The summed E-state index contributed by atoms with van der Waals surface area (Å²) in [6.07, 6.45) is 5.03. The quantitative estimate of drug-likeness (QED) is 0.604. The van der Waals surface area contributed by atoms with E-state index in [4.69, 9.17) is 11.6 Å². The number of thioether (sulfide) groups is 1. The Morgan fingerprint density at radius 3 is 2.76 bits per heavy atom. The molecule has 0 aliphatic carbocycles. The molecule has 1 amide bonds. The molecule has 0 spiro atoms. The lowest BCUT2D eigenvalue weighted by Gasteiger charge is -2.32. The van der Waals surface area contributed by atoms with Crippen LogP contribution in [-0.2, 0) is 7.05 Å². The van der Waals surface area contributed by atoms with Gasteiger partial charge in [-0.1, -0.05) is 29.8 Å². The third-order valence-electron chi connectivity index (χ3n) is 4.55. The second kappa shape index (κ2) is 7.62. The topological polar surface area (TPSA) is 55.2 Å². The number of halogens is 1. The van der Waals surface area contributed by atoms with E-state index in [2.05, 4.69) is 5.10 Å². The highest BCUT2D eigenvalue weighted by molar-refractivity contribution is 7.98. The van der Waals surface area contributed by atoms with Gasteiger partial charge in [0.05, 0.1) is 11.2 Å². The molecule has 0 radical (unpaired) electrons. The number of ketones is 1. The number of hydrogen-bond donors (Lipinski definition) is 0. The second-order valence-corrected chi connectivity index (χ2v) is 7.37. The Morgan fingerprint density at radius 2 is 2.08 bits per heavy atom. The molecular weight excluding hydrogens is 358 g/mol. The SMILES string of the molecule is CSc1ccccc1C(=O)[C@H]1CCCN(C(=O)c2c(Cl)cnn2C)C1. The summed E-state index contributed by atoms with van der Waals surface area (Å²) in [5, 5.41) is 4.37. The minimum atomic E-state index is -0.182. The average molecular weight is 378 g/mol. The fourth-order valence-corrected chi connectivity index (χ4v) is 4.09. The molecule has 3 rings (SSSR count). The zero-order chi connectivity index (χ0) is 18.0. The Labute approximate surface area is 156 Å². The molecular formula is C18H20ClN3O2S. The number of nitrogens with zero attached hydrogens (tertiary/aromatic N) is 3. The van der Waals surface area contributed by atoms with E-state index in [0.717, 1.165) is 23.3 Å². The zero-order valence-electron chi connectivity index (χ0n) is 14.2. The highest BCUT2D eigenvalue weighted by atomic mass is 35.5. The highest BCUT2D eigenvalue weighted by Crippen LogP contribution is 2.28. The molecule has 0 bridgehead atoms. The second-order valence-electron chi connectivity index (χ2n) is 6.12. The first-order valence-electron chi connectivity index (χ1n) is 8.17. The zero-order valence-corrected chi connectivity index (χ0v) is 15.8. The summed E-state index contributed by atoms with van der Waals surface area (Å²) in [5.41, 5.74) is 1.12. The van der Waals surface area contributed by atoms with Crippen LogP contribution in [-0.4, -0.2) is 45.7 Å². The lowest BCUT2D eigenvalue weighted by molar-refractivity contribution is 0.0627. The monoisotopic (exact) mass is 377 g/mol. The molecule has 1 aromatic carbocycles. The van der Waals surface area contributed by atoms with Crippen molar-refractivity contribution in [1.82, 2.24) is 14.7 Å². The molecule has 132 valence electrons. The minimum Gasteiger partial charge on any atom is -0.337 e. The van der Waals surface area contributed by atoms with Crippen LogP contribution in [0.25, 0.3) is 0 Å². The third-order valence-corrected chi connectivity index (χ3v) is 5.62. The number of hydrogen-bond acceptors (Lipinski definition) is 4.